The molecule has 6 aliphatic rings. The van der Waals surface area contributed by atoms with Crippen molar-refractivity contribution < 1.29 is 28.7 Å². The molecule has 5 fully saturated rings. The Morgan fingerprint density at radius 2 is 1.41 bits per heavy atom. The van der Waals surface area contributed by atoms with E-state index in [2.05, 4.69) is 71.2 Å². The average Bonchev–Trinajstić information content (AvgIpc) is 3.52. The minimum Gasteiger partial charge on any atom is -0.489 e. The summed E-state index contributed by atoms with van der Waals surface area (Å²) < 4.78 is 6.40. The summed E-state index contributed by atoms with van der Waals surface area (Å²) >= 11 is 6.27. The minimum atomic E-state index is -0.965. The van der Waals surface area contributed by atoms with Gasteiger partial charge in [0.1, 0.15) is 24.0 Å². The first-order valence-corrected chi connectivity index (χ1v) is 22.8. The molecule has 0 aromatic heterocycles. The van der Waals surface area contributed by atoms with Crippen LogP contribution in [0.1, 0.15) is 116 Å². The molecule has 2 saturated carbocycles. The topological polar surface area (TPSA) is 155 Å². The number of benzene rings is 3. The number of hydrogen-bond donors (Lipinski definition) is 2. The second kappa shape index (κ2) is 16.3. The number of imide groups is 2. The van der Waals surface area contributed by atoms with Gasteiger partial charge in [0, 0.05) is 91.6 Å². The largest absolute Gasteiger partial charge is 0.489 e. The summed E-state index contributed by atoms with van der Waals surface area (Å²) in [5, 5.41) is 15.2. The summed E-state index contributed by atoms with van der Waals surface area (Å²) in [5.41, 5.74) is 3.37. The molecule has 0 bridgehead atoms. The fourth-order valence-corrected chi connectivity index (χ4v) is 12.2. The lowest BCUT2D eigenvalue weighted by Crippen LogP contribution is -2.74. The van der Waals surface area contributed by atoms with Crippen LogP contribution >= 0.6 is 11.6 Å². The number of nitriles is 1. The molecule has 1 unspecified atom stereocenters. The van der Waals surface area contributed by atoms with Gasteiger partial charge in [0.15, 0.2) is 0 Å². The van der Waals surface area contributed by atoms with E-state index in [1.807, 2.05) is 24.3 Å². The average molecular weight is 874 g/mol. The van der Waals surface area contributed by atoms with E-state index in [-0.39, 0.29) is 47.6 Å². The van der Waals surface area contributed by atoms with Gasteiger partial charge < -0.3 is 19.9 Å². The Balaban J connectivity index is 0.727. The normalized spacial score (nSPS) is 25.6. The Labute approximate surface area is 374 Å². The number of anilines is 2. The molecule has 3 aromatic carbocycles. The molecular formula is C49H56ClN7O6. The molecule has 14 heteroatoms. The number of hydrogen-bond acceptors (Lipinski definition) is 10. The number of piperazine rings is 1. The van der Waals surface area contributed by atoms with Crippen LogP contribution < -0.4 is 25.2 Å². The molecule has 1 spiro atoms. The van der Waals surface area contributed by atoms with Crippen molar-refractivity contribution >= 4 is 52.5 Å². The van der Waals surface area contributed by atoms with Gasteiger partial charge >= 0.3 is 0 Å². The van der Waals surface area contributed by atoms with Crippen molar-refractivity contribution in [3.8, 4) is 11.8 Å². The third kappa shape index (κ3) is 7.73. The lowest BCUT2D eigenvalue weighted by molar-refractivity contribution is -0.164. The number of ether oxygens (including phenoxy) is 1. The van der Waals surface area contributed by atoms with Crippen molar-refractivity contribution in [1.29, 1.82) is 5.26 Å². The Morgan fingerprint density at radius 3 is 2.05 bits per heavy atom. The van der Waals surface area contributed by atoms with Crippen molar-refractivity contribution in [2.45, 2.75) is 103 Å². The van der Waals surface area contributed by atoms with Crippen molar-refractivity contribution in [2.24, 2.45) is 16.2 Å². The Hall–Kier alpha value is -5.45. The Morgan fingerprint density at radius 1 is 0.778 bits per heavy atom. The number of carbonyl (C=O) groups excluding carboxylic acids is 5. The summed E-state index contributed by atoms with van der Waals surface area (Å²) in [5.74, 6) is -1.42. The smallest absolute Gasteiger partial charge is 0.262 e. The molecular weight excluding hydrogens is 818 g/mol. The van der Waals surface area contributed by atoms with Gasteiger partial charge in [-0.25, -0.2) is 0 Å². The zero-order valence-corrected chi connectivity index (χ0v) is 37.3. The number of halogens is 1. The van der Waals surface area contributed by atoms with Crippen molar-refractivity contribution in [1.82, 2.24) is 20.4 Å². The van der Waals surface area contributed by atoms with Crippen LogP contribution in [0.3, 0.4) is 0 Å². The first kappa shape index (κ1) is 42.8. The fourth-order valence-electron chi connectivity index (χ4n) is 12.0. The molecule has 9 rings (SSSR count). The van der Waals surface area contributed by atoms with Gasteiger partial charge in [0.2, 0.25) is 11.8 Å². The van der Waals surface area contributed by atoms with E-state index in [4.69, 9.17) is 16.3 Å². The fraction of sp³-hybridized carbons (Fsp3) is 0.510. The first-order valence-electron chi connectivity index (χ1n) is 22.5. The number of rotatable bonds is 8. The molecule has 3 aromatic rings. The van der Waals surface area contributed by atoms with Crippen molar-refractivity contribution in [3.05, 3.63) is 87.9 Å². The van der Waals surface area contributed by atoms with Gasteiger partial charge in [-0.2, -0.15) is 5.26 Å². The highest BCUT2D eigenvalue weighted by Crippen LogP contribution is 2.56. The Bertz CT molecular complexity index is 2370. The number of carbonyl (C=O) groups is 5. The molecule has 4 heterocycles. The standard InChI is InChI=1S/C49H56ClN7O6/c1-47(2)45(48(3,4)46(47)63-35-11-7-31(29-51)38(50)28-35)53-41(59)30-5-8-32(9-6-30)55-23-25-56(26-24-55)33-15-17-49(18-16-33)19-21-54(22-20-49)34-10-12-36-37(27-34)44(62)57(43(36)61)39-13-14-40(58)52-42(39)60/h5-12,27-28,33,39,45-46H,13-26H2,1-4H3,(H,53,59)(H,52,58,60). The van der Waals surface area contributed by atoms with Crippen LogP contribution in [0.25, 0.3) is 0 Å². The monoisotopic (exact) mass is 873 g/mol. The summed E-state index contributed by atoms with van der Waals surface area (Å²) in [6.45, 7) is 14.1. The first-order chi connectivity index (χ1) is 30.1. The highest BCUT2D eigenvalue weighted by atomic mass is 35.5. The predicted molar refractivity (Wildman–Crippen MR) is 239 cm³/mol. The summed E-state index contributed by atoms with van der Waals surface area (Å²) in [7, 11) is 0. The molecule has 330 valence electrons. The van der Waals surface area contributed by atoms with Crippen molar-refractivity contribution in [3.63, 3.8) is 0 Å². The van der Waals surface area contributed by atoms with Gasteiger partial charge in [-0.1, -0.05) is 39.3 Å². The number of fused-ring (bicyclic) bond motifs is 1. The zero-order chi connectivity index (χ0) is 44.4. The van der Waals surface area contributed by atoms with E-state index in [0.29, 0.717) is 44.5 Å². The van der Waals surface area contributed by atoms with E-state index in [0.717, 1.165) is 68.4 Å². The summed E-state index contributed by atoms with van der Waals surface area (Å²) in [4.78, 5) is 72.8. The van der Waals surface area contributed by atoms with E-state index >= 15 is 0 Å². The molecule has 13 nitrogen and oxygen atoms in total. The molecule has 63 heavy (non-hydrogen) atoms. The van der Waals surface area contributed by atoms with Crippen LogP contribution in [-0.4, -0.2) is 103 Å². The Kier molecular flexibility index (Phi) is 11.1. The lowest BCUT2D eigenvalue weighted by atomic mass is 9.49. The molecule has 1 atom stereocenters. The number of amides is 5. The second-order valence-electron chi connectivity index (χ2n) is 19.8. The minimum absolute atomic E-state index is 0.0985. The molecule has 3 saturated heterocycles. The van der Waals surface area contributed by atoms with Crippen LogP contribution in [0.15, 0.2) is 60.7 Å². The maximum absolute atomic E-state index is 13.6. The van der Waals surface area contributed by atoms with Crippen LogP contribution in [0.5, 0.6) is 5.75 Å². The number of piperidine rings is 2. The van der Waals surface area contributed by atoms with E-state index in [9.17, 15) is 29.2 Å². The van der Waals surface area contributed by atoms with Crippen molar-refractivity contribution in [2.75, 3.05) is 49.1 Å². The van der Waals surface area contributed by atoms with Crippen LogP contribution in [0.4, 0.5) is 11.4 Å². The second-order valence-corrected chi connectivity index (χ2v) is 20.2. The molecule has 2 aliphatic carbocycles. The van der Waals surface area contributed by atoms with E-state index in [1.54, 1.807) is 24.3 Å². The molecule has 0 radical (unpaired) electrons. The summed E-state index contributed by atoms with van der Waals surface area (Å²) in [6, 6.07) is 20.1. The number of nitrogens with zero attached hydrogens (tertiary/aromatic N) is 5. The molecule has 5 amide bonds. The van der Waals surface area contributed by atoms with Gasteiger partial charge in [0.25, 0.3) is 17.7 Å². The highest BCUT2D eigenvalue weighted by Gasteiger charge is 2.64. The summed E-state index contributed by atoms with van der Waals surface area (Å²) in [6.07, 6.45) is 7.06. The predicted octanol–water partition coefficient (Wildman–Crippen LogP) is 6.58. The number of nitrogens with one attached hydrogen (secondary N) is 2. The SMILES string of the molecule is CC1(C)C(NC(=O)c2ccc(N3CCN(C4CCC5(CC4)CCN(c4ccc6c(c4)C(=O)N(C4CCC(=O)NC4=O)C6=O)CC5)CC3)cc2)C(C)(C)C1Oc1ccc(C#N)c(Cl)c1. The van der Waals surface area contributed by atoms with E-state index < -0.39 is 23.8 Å². The maximum Gasteiger partial charge on any atom is 0.262 e. The van der Waals surface area contributed by atoms with Gasteiger partial charge in [-0.05, 0) is 105 Å². The maximum atomic E-state index is 13.6. The highest BCUT2D eigenvalue weighted by molar-refractivity contribution is 6.31. The molecule has 2 N–H and O–H groups in total. The van der Waals surface area contributed by atoms with Gasteiger partial charge in [-0.15, -0.1) is 0 Å². The van der Waals surface area contributed by atoms with Crippen LogP contribution in [0.2, 0.25) is 5.02 Å². The van der Waals surface area contributed by atoms with Crippen LogP contribution in [-0.2, 0) is 9.59 Å². The molecule has 4 aliphatic heterocycles. The quantitative estimate of drug-likeness (QED) is 0.238. The lowest BCUT2D eigenvalue weighted by Gasteiger charge is -2.63. The zero-order valence-electron chi connectivity index (χ0n) is 36.5. The van der Waals surface area contributed by atoms with E-state index in [1.165, 1.54) is 25.7 Å². The van der Waals surface area contributed by atoms with Gasteiger partial charge in [-0.3, -0.25) is 39.1 Å². The van der Waals surface area contributed by atoms with Gasteiger partial charge in [0.05, 0.1) is 21.7 Å². The third-order valence-corrected chi connectivity index (χ3v) is 15.7. The van der Waals surface area contributed by atoms with Crippen LogP contribution in [0, 0.1) is 27.6 Å². The third-order valence-electron chi connectivity index (χ3n) is 15.4.